The topological polar surface area (TPSA) is 38.8 Å². The first-order valence-electron chi connectivity index (χ1n) is 7.90. The minimum Gasteiger partial charge on any atom is -0.493 e. The van der Waals surface area contributed by atoms with Crippen molar-refractivity contribution in [2.75, 3.05) is 20.8 Å². The largest absolute Gasteiger partial charge is 0.493 e. The van der Waals surface area contributed by atoms with Crippen molar-refractivity contribution >= 4 is 12.0 Å². The molecule has 2 rings (SSSR count). The standard InChI is InChI=1S/C20H23NO3/c1-4-21(15-17-8-6-5-7-9-17)20(22)13-11-16-10-12-18(23-2)19(14-16)24-3/h5-14H,4,15H2,1-3H3. The molecule has 0 N–H and O–H groups in total. The number of hydrogen-bond donors (Lipinski definition) is 0. The van der Waals surface area contributed by atoms with E-state index in [0.717, 1.165) is 11.1 Å². The van der Waals surface area contributed by atoms with Crippen LogP contribution in [-0.4, -0.2) is 31.6 Å². The Morgan fingerprint density at radius 3 is 2.38 bits per heavy atom. The van der Waals surface area contributed by atoms with Gasteiger partial charge in [-0.15, -0.1) is 0 Å². The molecule has 0 aliphatic rings. The van der Waals surface area contributed by atoms with Gasteiger partial charge in [-0.3, -0.25) is 4.79 Å². The fraction of sp³-hybridized carbons (Fsp3) is 0.250. The molecule has 4 nitrogen and oxygen atoms in total. The van der Waals surface area contributed by atoms with E-state index in [4.69, 9.17) is 9.47 Å². The molecule has 0 spiro atoms. The van der Waals surface area contributed by atoms with Crippen LogP contribution in [0.5, 0.6) is 11.5 Å². The Bertz CT molecular complexity index is 695. The Kier molecular flexibility index (Phi) is 6.43. The van der Waals surface area contributed by atoms with Gasteiger partial charge in [-0.1, -0.05) is 36.4 Å². The SMILES string of the molecule is CCN(Cc1ccccc1)C(=O)C=Cc1ccc(OC)c(OC)c1. The summed E-state index contributed by atoms with van der Waals surface area (Å²) in [5.74, 6) is 1.29. The number of hydrogen-bond acceptors (Lipinski definition) is 3. The van der Waals surface area contributed by atoms with Crippen molar-refractivity contribution in [3.8, 4) is 11.5 Å². The Morgan fingerprint density at radius 2 is 1.75 bits per heavy atom. The minimum absolute atomic E-state index is 0.0175. The third kappa shape index (κ3) is 4.62. The highest BCUT2D eigenvalue weighted by atomic mass is 16.5. The van der Waals surface area contributed by atoms with E-state index in [2.05, 4.69) is 0 Å². The van der Waals surface area contributed by atoms with Crippen LogP contribution < -0.4 is 9.47 Å². The second kappa shape index (κ2) is 8.77. The average molecular weight is 325 g/mol. The minimum atomic E-state index is -0.0175. The second-order valence-corrected chi connectivity index (χ2v) is 5.29. The van der Waals surface area contributed by atoms with Gasteiger partial charge < -0.3 is 14.4 Å². The summed E-state index contributed by atoms with van der Waals surface area (Å²) in [6.07, 6.45) is 3.38. The number of benzene rings is 2. The molecule has 1 amide bonds. The summed E-state index contributed by atoms with van der Waals surface area (Å²) in [5.41, 5.74) is 2.00. The maximum absolute atomic E-state index is 12.4. The van der Waals surface area contributed by atoms with Crippen LogP contribution in [0.1, 0.15) is 18.1 Å². The fourth-order valence-corrected chi connectivity index (χ4v) is 2.38. The van der Waals surface area contributed by atoms with Crippen LogP contribution in [-0.2, 0) is 11.3 Å². The Balaban J connectivity index is 2.08. The molecule has 0 aromatic heterocycles. The lowest BCUT2D eigenvalue weighted by molar-refractivity contribution is -0.126. The van der Waals surface area contributed by atoms with Crippen molar-refractivity contribution in [2.45, 2.75) is 13.5 Å². The maximum Gasteiger partial charge on any atom is 0.246 e. The van der Waals surface area contributed by atoms with Gasteiger partial charge in [-0.25, -0.2) is 0 Å². The predicted octanol–water partition coefficient (Wildman–Crippen LogP) is 3.77. The first-order valence-corrected chi connectivity index (χ1v) is 7.90. The van der Waals surface area contributed by atoms with Crippen LogP contribution in [0.15, 0.2) is 54.6 Å². The molecule has 0 heterocycles. The number of methoxy groups -OCH3 is 2. The highest BCUT2D eigenvalue weighted by Crippen LogP contribution is 2.27. The summed E-state index contributed by atoms with van der Waals surface area (Å²) in [6.45, 7) is 3.24. The Labute approximate surface area is 143 Å². The number of carbonyl (C=O) groups is 1. The smallest absolute Gasteiger partial charge is 0.246 e. The molecule has 0 radical (unpaired) electrons. The molecule has 0 aliphatic carbocycles. The van der Waals surface area contributed by atoms with Crippen molar-refractivity contribution in [3.05, 3.63) is 65.7 Å². The van der Waals surface area contributed by atoms with E-state index in [9.17, 15) is 4.79 Å². The molecular formula is C20H23NO3. The van der Waals surface area contributed by atoms with Crippen LogP contribution >= 0.6 is 0 Å². The van der Waals surface area contributed by atoms with Gasteiger partial charge in [-0.2, -0.15) is 0 Å². The van der Waals surface area contributed by atoms with E-state index in [1.807, 2.05) is 55.5 Å². The number of nitrogens with zero attached hydrogens (tertiary/aromatic N) is 1. The van der Waals surface area contributed by atoms with Gasteiger partial charge in [0.2, 0.25) is 5.91 Å². The molecule has 0 unspecified atom stereocenters. The molecule has 0 aliphatic heterocycles. The highest BCUT2D eigenvalue weighted by Gasteiger charge is 2.09. The van der Waals surface area contributed by atoms with Crippen LogP contribution in [0, 0.1) is 0 Å². The Morgan fingerprint density at radius 1 is 1.04 bits per heavy atom. The number of likely N-dealkylation sites (N-methyl/N-ethyl adjacent to an activating group) is 1. The number of rotatable bonds is 7. The van der Waals surface area contributed by atoms with E-state index in [1.165, 1.54) is 0 Å². The second-order valence-electron chi connectivity index (χ2n) is 5.29. The molecular weight excluding hydrogens is 302 g/mol. The molecule has 0 bridgehead atoms. The van der Waals surface area contributed by atoms with Crippen molar-refractivity contribution < 1.29 is 14.3 Å². The molecule has 0 saturated heterocycles. The Hall–Kier alpha value is -2.75. The third-order valence-electron chi connectivity index (χ3n) is 3.74. The summed E-state index contributed by atoms with van der Waals surface area (Å²) in [7, 11) is 3.19. The first kappa shape index (κ1) is 17.6. The van der Waals surface area contributed by atoms with Crippen LogP contribution in [0.4, 0.5) is 0 Å². The summed E-state index contributed by atoms with van der Waals surface area (Å²) in [4.78, 5) is 14.2. The molecule has 0 atom stereocenters. The molecule has 0 fully saturated rings. The maximum atomic E-state index is 12.4. The number of carbonyl (C=O) groups excluding carboxylic acids is 1. The molecule has 0 saturated carbocycles. The highest BCUT2D eigenvalue weighted by molar-refractivity contribution is 5.91. The fourth-order valence-electron chi connectivity index (χ4n) is 2.38. The molecule has 2 aromatic carbocycles. The van der Waals surface area contributed by atoms with Crippen LogP contribution in [0.2, 0.25) is 0 Å². The van der Waals surface area contributed by atoms with E-state index in [0.29, 0.717) is 24.6 Å². The zero-order valence-electron chi connectivity index (χ0n) is 14.4. The number of amides is 1. The zero-order valence-corrected chi connectivity index (χ0v) is 14.4. The molecule has 2 aromatic rings. The lowest BCUT2D eigenvalue weighted by atomic mass is 10.1. The van der Waals surface area contributed by atoms with E-state index < -0.39 is 0 Å². The first-order chi connectivity index (χ1) is 11.7. The van der Waals surface area contributed by atoms with Gasteiger partial charge in [0.25, 0.3) is 0 Å². The van der Waals surface area contributed by atoms with E-state index >= 15 is 0 Å². The van der Waals surface area contributed by atoms with Gasteiger partial charge in [0.1, 0.15) is 0 Å². The van der Waals surface area contributed by atoms with Gasteiger partial charge >= 0.3 is 0 Å². The lowest BCUT2D eigenvalue weighted by Gasteiger charge is -2.19. The van der Waals surface area contributed by atoms with Crippen molar-refractivity contribution in [2.24, 2.45) is 0 Å². The number of ether oxygens (including phenoxy) is 2. The van der Waals surface area contributed by atoms with E-state index in [1.54, 1.807) is 31.3 Å². The van der Waals surface area contributed by atoms with Gasteiger partial charge in [0, 0.05) is 19.2 Å². The lowest BCUT2D eigenvalue weighted by Crippen LogP contribution is -2.28. The van der Waals surface area contributed by atoms with E-state index in [-0.39, 0.29) is 5.91 Å². The summed E-state index contributed by atoms with van der Waals surface area (Å²) >= 11 is 0. The average Bonchev–Trinajstić information content (AvgIpc) is 2.64. The molecule has 4 heteroatoms. The van der Waals surface area contributed by atoms with Crippen molar-refractivity contribution in [1.29, 1.82) is 0 Å². The monoisotopic (exact) mass is 325 g/mol. The summed E-state index contributed by atoms with van der Waals surface area (Å²) < 4.78 is 10.5. The predicted molar refractivity (Wildman–Crippen MR) is 96.1 cm³/mol. The van der Waals surface area contributed by atoms with Crippen LogP contribution in [0.25, 0.3) is 6.08 Å². The van der Waals surface area contributed by atoms with Gasteiger partial charge in [0.05, 0.1) is 14.2 Å². The third-order valence-corrected chi connectivity index (χ3v) is 3.74. The van der Waals surface area contributed by atoms with Gasteiger partial charge in [0.15, 0.2) is 11.5 Å². The quantitative estimate of drug-likeness (QED) is 0.728. The summed E-state index contributed by atoms with van der Waals surface area (Å²) in [5, 5.41) is 0. The van der Waals surface area contributed by atoms with Crippen LogP contribution in [0.3, 0.4) is 0 Å². The van der Waals surface area contributed by atoms with Gasteiger partial charge in [-0.05, 0) is 36.3 Å². The van der Waals surface area contributed by atoms with Crippen molar-refractivity contribution in [1.82, 2.24) is 4.90 Å². The molecule has 126 valence electrons. The summed E-state index contributed by atoms with van der Waals surface area (Å²) in [6, 6.07) is 15.5. The normalized spacial score (nSPS) is 10.6. The van der Waals surface area contributed by atoms with Crippen molar-refractivity contribution in [3.63, 3.8) is 0 Å². The zero-order chi connectivity index (χ0) is 17.4. The molecule has 24 heavy (non-hydrogen) atoms.